The number of nitrogens with zero attached hydrogens (tertiary/aromatic N) is 1. The van der Waals surface area contributed by atoms with Crippen LogP contribution in [0.25, 0.3) is 17.4 Å². The second kappa shape index (κ2) is 9.52. The quantitative estimate of drug-likeness (QED) is 0.365. The molecule has 2 aromatic carbocycles. The van der Waals surface area contributed by atoms with Gasteiger partial charge in [0.1, 0.15) is 23.8 Å². The summed E-state index contributed by atoms with van der Waals surface area (Å²) in [4.78, 5) is 38.3. The van der Waals surface area contributed by atoms with Crippen LogP contribution in [-0.4, -0.2) is 29.3 Å². The average molecular weight is 484 g/mol. The zero-order chi connectivity index (χ0) is 23.5. The van der Waals surface area contributed by atoms with Crippen molar-refractivity contribution in [2.24, 2.45) is 0 Å². The number of carbonyl (C=O) groups excluding carboxylic acids is 3. The van der Waals surface area contributed by atoms with E-state index in [4.69, 9.17) is 27.6 Å². The third-order valence-electron chi connectivity index (χ3n) is 5.05. The van der Waals surface area contributed by atoms with Gasteiger partial charge < -0.3 is 15.1 Å². The van der Waals surface area contributed by atoms with E-state index in [2.05, 4.69) is 10.6 Å². The van der Waals surface area contributed by atoms with E-state index >= 15 is 0 Å². The number of benzene rings is 2. The van der Waals surface area contributed by atoms with Gasteiger partial charge in [-0.05, 0) is 48.4 Å². The minimum atomic E-state index is -0.679. The molecule has 2 N–H and O–H groups in total. The fraction of sp³-hybridized carbons (Fsp3) is 0.125. The first-order valence-corrected chi connectivity index (χ1v) is 10.9. The highest BCUT2D eigenvalue weighted by Crippen LogP contribution is 2.30. The fourth-order valence-corrected chi connectivity index (χ4v) is 3.67. The van der Waals surface area contributed by atoms with Crippen molar-refractivity contribution in [1.29, 1.82) is 0 Å². The van der Waals surface area contributed by atoms with Gasteiger partial charge in [-0.3, -0.25) is 9.59 Å². The maximum Gasteiger partial charge on any atom is 0.329 e. The molecule has 1 aromatic heterocycles. The Morgan fingerprint density at radius 3 is 2.64 bits per heavy atom. The second-order valence-corrected chi connectivity index (χ2v) is 8.08. The molecule has 0 spiro atoms. The molecule has 1 fully saturated rings. The first-order valence-electron chi connectivity index (χ1n) is 10.1. The van der Waals surface area contributed by atoms with Gasteiger partial charge in [0.2, 0.25) is 5.91 Å². The molecule has 7 nitrogen and oxygen atoms in total. The maximum absolute atomic E-state index is 12.7. The van der Waals surface area contributed by atoms with Gasteiger partial charge in [-0.15, -0.1) is 0 Å². The standard InChI is InChI=1S/C24H19Cl2N3O4/c1-2-14-5-3-4-6-19(14)27-22(30)13-29-23(31)20(28-24(29)32)12-16-8-10-21(33-16)15-7-9-17(25)18(26)11-15/h3-12H,2,13H2,1H3,(H,27,30)(H,28,32)/b20-12-. The third-order valence-corrected chi connectivity index (χ3v) is 5.79. The molecule has 2 heterocycles. The minimum absolute atomic E-state index is 0.0109. The summed E-state index contributed by atoms with van der Waals surface area (Å²) in [6.07, 6.45) is 2.14. The van der Waals surface area contributed by atoms with Crippen LogP contribution in [0, 0.1) is 0 Å². The third kappa shape index (κ3) is 4.94. The Morgan fingerprint density at radius 1 is 1.09 bits per heavy atom. The predicted molar refractivity (Wildman–Crippen MR) is 127 cm³/mol. The molecule has 0 radical (unpaired) electrons. The number of anilines is 1. The van der Waals surface area contributed by atoms with Gasteiger partial charge >= 0.3 is 6.03 Å². The van der Waals surface area contributed by atoms with Crippen molar-refractivity contribution >= 4 is 52.8 Å². The molecule has 0 bridgehead atoms. The molecular formula is C24H19Cl2N3O4. The van der Waals surface area contributed by atoms with Gasteiger partial charge in [0.25, 0.3) is 5.91 Å². The van der Waals surface area contributed by atoms with E-state index in [-0.39, 0.29) is 5.70 Å². The van der Waals surface area contributed by atoms with Gasteiger partial charge in [0.15, 0.2) is 0 Å². The molecule has 168 valence electrons. The lowest BCUT2D eigenvalue weighted by Gasteiger charge is -2.13. The number of para-hydroxylation sites is 1. The number of furan rings is 1. The van der Waals surface area contributed by atoms with Crippen LogP contribution >= 0.6 is 23.2 Å². The Labute approximate surface area is 200 Å². The number of aryl methyl sites for hydroxylation is 1. The van der Waals surface area contributed by atoms with E-state index in [1.54, 1.807) is 42.5 Å². The molecule has 3 aromatic rings. The van der Waals surface area contributed by atoms with Crippen molar-refractivity contribution in [2.45, 2.75) is 13.3 Å². The smallest absolute Gasteiger partial charge is 0.329 e. The van der Waals surface area contributed by atoms with E-state index in [0.717, 1.165) is 16.9 Å². The molecule has 4 rings (SSSR count). The molecule has 0 aliphatic carbocycles. The Kier molecular flexibility index (Phi) is 6.53. The van der Waals surface area contributed by atoms with Crippen LogP contribution in [0.5, 0.6) is 0 Å². The number of urea groups is 1. The maximum atomic E-state index is 12.7. The molecule has 0 saturated carbocycles. The minimum Gasteiger partial charge on any atom is -0.457 e. The summed E-state index contributed by atoms with van der Waals surface area (Å²) < 4.78 is 5.75. The number of hydrogen-bond acceptors (Lipinski definition) is 4. The molecular weight excluding hydrogens is 465 g/mol. The molecule has 1 saturated heterocycles. The highest BCUT2D eigenvalue weighted by atomic mass is 35.5. The van der Waals surface area contributed by atoms with Crippen LogP contribution in [0.1, 0.15) is 18.2 Å². The first-order chi connectivity index (χ1) is 15.9. The van der Waals surface area contributed by atoms with Crippen LogP contribution in [0.3, 0.4) is 0 Å². The summed E-state index contributed by atoms with van der Waals surface area (Å²) in [7, 11) is 0. The molecule has 9 heteroatoms. The van der Waals surface area contributed by atoms with Crippen LogP contribution in [0.15, 0.2) is 64.7 Å². The van der Waals surface area contributed by atoms with Crippen molar-refractivity contribution in [3.63, 3.8) is 0 Å². The van der Waals surface area contributed by atoms with Crippen molar-refractivity contribution in [3.8, 4) is 11.3 Å². The molecule has 33 heavy (non-hydrogen) atoms. The SMILES string of the molecule is CCc1ccccc1NC(=O)CN1C(=O)N/C(=C\c2ccc(-c3ccc(Cl)c(Cl)c3)o2)C1=O. The summed E-state index contributed by atoms with van der Waals surface area (Å²) in [5, 5.41) is 6.05. The van der Waals surface area contributed by atoms with Crippen molar-refractivity contribution < 1.29 is 18.8 Å². The first kappa shape index (κ1) is 22.6. The lowest BCUT2D eigenvalue weighted by Crippen LogP contribution is -2.38. The van der Waals surface area contributed by atoms with E-state index in [0.29, 0.717) is 32.8 Å². The zero-order valence-electron chi connectivity index (χ0n) is 17.5. The van der Waals surface area contributed by atoms with E-state index in [9.17, 15) is 14.4 Å². The molecule has 0 unspecified atom stereocenters. The number of halogens is 2. The van der Waals surface area contributed by atoms with Crippen molar-refractivity contribution in [3.05, 3.63) is 81.7 Å². The Balaban J connectivity index is 1.46. The van der Waals surface area contributed by atoms with Crippen LogP contribution < -0.4 is 10.6 Å². The predicted octanol–water partition coefficient (Wildman–Crippen LogP) is 5.35. The monoisotopic (exact) mass is 483 g/mol. The second-order valence-electron chi connectivity index (χ2n) is 7.27. The summed E-state index contributed by atoms with van der Waals surface area (Å²) in [5.74, 6) is -0.224. The Morgan fingerprint density at radius 2 is 1.88 bits per heavy atom. The molecule has 0 atom stereocenters. The Bertz CT molecular complexity index is 1280. The average Bonchev–Trinajstić information content (AvgIpc) is 3.36. The van der Waals surface area contributed by atoms with Crippen LogP contribution in [0.4, 0.5) is 10.5 Å². The topological polar surface area (TPSA) is 91.7 Å². The lowest BCUT2D eigenvalue weighted by atomic mass is 10.1. The summed E-state index contributed by atoms with van der Waals surface area (Å²) in [6.45, 7) is 1.56. The fourth-order valence-electron chi connectivity index (χ4n) is 3.38. The molecule has 1 aliphatic heterocycles. The van der Waals surface area contributed by atoms with E-state index in [1.807, 2.05) is 19.1 Å². The summed E-state index contributed by atoms with van der Waals surface area (Å²) in [5.41, 5.74) is 2.33. The largest absolute Gasteiger partial charge is 0.457 e. The number of imide groups is 1. The van der Waals surface area contributed by atoms with Gasteiger partial charge in [0.05, 0.1) is 10.0 Å². The molecule has 4 amide bonds. The highest BCUT2D eigenvalue weighted by Gasteiger charge is 2.35. The van der Waals surface area contributed by atoms with Gasteiger partial charge in [-0.1, -0.05) is 48.3 Å². The number of hydrogen-bond donors (Lipinski definition) is 2. The number of carbonyl (C=O) groups is 3. The number of amides is 4. The van der Waals surface area contributed by atoms with Crippen molar-refractivity contribution in [1.82, 2.24) is 10.2 Å². The molecule has 1 aliphatic rings. The highest BCUT2D eigenvalue weighted by molar-refractivity contribution is 6.42. The van der Waals surface area contributed by atoms with Crippen LogP contribution in [0.2, 0.25) is 10.0 Å². The number of nitrogens with one attached hydrogen (secondary N) is 2. The zero-order valence-corrected chi connectivity index (χ0v) is 19.0. The van der Waals surface area contributed by atoms with Gasteiger partial charge in [-0.2, -0.15) is 0 Å². The Hall–Kier alpha value is -3.55. The van der Waals surface area contributed by atoms with Crippen molar-refractivity contribution in [2.75, 3.05) is 11.9 Å². The van der Waals surface area contributed by atoms with Gasteiger partial charge in [-0.25, -0.2) is 9.69 Å². The van der Waals surface area contributed by atoms with Crippen LogP contribution in [-0.2, 0) is 16.0 Å². The van der Waals surface area contributed by atoms with Gasteiger partial charge in [0, 0.05) is 17.3 Å². The summed E-state index contributed by atoms with van der Waals surface area (Å²) >= 11 is 12.0. The van der Waals surface area contributed by atoms with E-state index in [1.165, 1.54) is 6.08 Å². The summed E-state index contributed by atoms with van der Waals surface area (Å²) in [6, 6.07) is 15.1. The normalized spacial score (nSPS) is 14.6. The number of rotatable bonds is 6. The lowest BCUT2D eigenvalue weighted by molar-refractivity contribution is -0.127. The van der Waals surface area contributed by atoms with E-state index < -0.39 is 24.4 Å².